The molecule has 0 aliphatic heterocycles. The monoisotopic (exact) mass is 384 g/mol. The fraction of sp³-hybridized carbons (Fsp3) is 0. The Balaban J connectivity index is 1.61. The highest BCUT2D eigenvalue weighted by Gasteiger charge is 2.11. The summed E-state index contributed by atoms with van der Waals surface area (Å²) < 4.78 is 0. The van der Waals surface area contributed by atoms with Gasteiger partial charge in [-0.05, 0) is 47.0 Å². The summed E-state index contributed by atoms with van der Waals surface area (Å²) in [4.78, 5) is 16.5. The molecule has 28 heavy (non-hydrogen) atoms. The molecule has 0 saturated carbocycles. The molecule has 0 saturated heterocycles. The Kier molecular flexibility index (Phi) is 5.18. The Labute approximate surface area is 168 Å². The molecule has 0 aliphatic carbocycles. The molecule has 1 aromatic heterocycles. The number of hydrogen-bond donors (Lipinski definition) is 1. The first-order chi connectivity index (χ1) is 13.7. The quantitative estimate of drug-likeness (QED) is 0.447. The van der Waals surface area contributed by atoms with E-state index in [2.05, 4.69) is 34.6 Å². The van der Waals surface area contributed by atoms with Crippen LogP contribution < -0.4 is 5.32 Å². The lowest BCUT2D eigenvalue weighted by Gasteiger charge is -2.10. The van der Waals surface area contributed by atoms with Gasteiger partial charge >= 0.3 is 0 Å². The molecule has 0 radical (unpaired) electrons. The van der Waals surface area contributed by atoms with Gasteiger partial charge in [-0.25, -0.2) is 0 Å². The van der Waals surface area contributed by atoms with E-state index in [1.54, 1.807) is 36.7 Å². The first kappa shape index (κ1) is 18.0. The van der Waals surface area contributed by atoms with Crippen LogP contribution in [0.3, 0.4) is 0 Å². The summed E-state index contributed by atoms with van der Waals surface area (Å²) >= 11 is 6.41. The maximum atomic E-state index is 12.6. The average Bonchev–Trinajstić information content (AvgIpc) is 2.75. The summed E-state index contributed by atoms with van der Waals surface area (Å²) in [6, 6.07) is 27.1. The highest BCUT2D eigenvalue weighted by molar-refractivity contribution is 6.33. The molecule has 0 atom stereocenters. The second-order valence-electron chi connectivity index (χ2n) is 6.33. The zero-order chi connectivity index (χ0) is 19.3. The van der Waals surface area contributed by atoms with Crippen LogP contribution >= 0.6 is 11.6 Å². The van der Waals surface area contributed by atoms with Crippen molar-refractivity contribution in [1.82, 2.24) is 4.98 Å². The van der Waals surface area contributed by atoms with Crippen molar-refractivity contribution in [2.24, 2.45) is 0 Å². The highest BCUT2D eigenvalue weighted by atomic mass is 35.5. The van der Waals surface area contributed by atoms with Crippen molar-refractivity contribution in [3.63, 3.8) is 0 Å². The fourth-order valence-corrected chi connectivity index (χ4v) is 3.23. The Morgan fingerprint density at radius 3 is 2.11 bits per heavy atom. The van der Waals surface area contributed by atoms with Gasteiger partial charge in [0.15, 0.2) is 0 Å². The third-order valence-electron chi connectivity index (χ3n) is 4.47. The van der Waals surface area contributed by atoms with Crippen molar-refractivity contribution in [2.75, 3.05) is 5.32 Å². The number of anilines is 1. The van der Waals surface area contributed by atoms with Crippen LogP contribution in [0, 0.1) is 0 Å². The van der Waals surface area contributed by atoms with Crippen molar-refractivity contribution in [1.29, 1.82) is 0 Å². The maximum absolute atomic E-state index is 12.6. The Morgan fingerprint density at radius 2 is 1.39 bits per heavy atom. The molecule has 4 heteroatoms. The van der Waals surface area contributed by atoms with E-state index in [9.17, 15) is 4.79 Å². The van der Waals surface area contributed by atoms with E-state index in [-0.39, 0.29) is 5.91 Å². The van der Waals surface area contributed by atoms with Crippen molar-refractivity contribution < 1.29 is 4.79 Å². The van der Waals surface area contributed by atoms with Crippen LogP contribution in [0.25, 0.3) is 22.3 Å². The summed E-state index contributed by atoms with van der Waals surface area (Å²) in [5.41, 5.74) is 5.32. The van der Waals surface area contributed by atoms with Crippen LogP contribution in [0.5, 0.6) is 0 Å². The van der Waals surface area contributed by atoms with Crippen molar-refractivity contribution >= 4 is 23.2 Å². The standard InChI is InChI=1S/C24H17ClN2O/c25-23-11-10-20(24(28)27-21-12-14-26-15-13-21)16-22(23)19-8-6-18(7-9-19)17-4-2-1-3-5-17/h1-16H,(H,26,27,28). The largest absolute Gasteiger partial charge is 0.322 e. The Hall–Kier alpha value is -3.43. The van der Waals surface area contributed by atoms with Gasteiger partial charge in [-0.15, -0.1) is 0 Å². The minimum Gasteiger partial charge on any atom is -0.322 e. The molecule has 0 aliphatic rings. The van der Waals surface area contributed by atoms with Crippen LogP contribution in [-0.4, -0.2) is 10.9 Å². The summed E-state index contributed by atoms with van der Waals surface area (Å²) in [5.74, 6) is -0.190. The number of hydrogen-bond acceptors (Lipinski definition) is 2. The molecule has 1 amide bonds. The first-order valence-electron chi connectivity index (χ1n) is 8.87. The molecular formula is C24H17ClN2O. The number of aromatic nitrogens is 1. The Morgan fingerprint density at radius 1 is 0.750 bits per heavy atom. The van der Waals surface area contributed by atoms with Crippen LogP contribution in [0.4, 0.5) is 5.69 Å². The number of nitrogens with zero attached hydrogens (tertiary/aromatic N) is 1. The lowest BCUT2D eigenvalue weighted by Crippen LogP contribution is -2.11. The van der Waals surface area contributed by atoms with Crippen LogP contribution in [0.2, 0.25) is 5.02 Å². The van der Waals surface area contributed by atoms with Gasteiger partial charge < -0.3 is 5.32 Å². The van der Waals surface area contributed by atoms with Gasteiger partial charge in [0.05, 0.1) is 0 Å². The molecule has 0 bridgehead atoms. The Bertz CT molecular complexity index is 1090. The topological polar surface area (TPSA) is 42.0 Å². The highest BCUT2D eigenvalue weighted by Crippen LogP contribution is 2.31. The summed E-state index contributed by atoms with van der Waals surface area (Å²) in [5, 5.41) is 3.47. The number of benzene rings is 3. The molecule has 4 aromatic rings. The van der Waals surface area contributed by atoms with E-state index in [1.165, 1.54) is 0 Å². The normalized spacial score (nSPS) is 10.5. The van der Waals surface area contributed by atoms with Gasteiger partial charge in [-0.1, -0.05) is 66.2 Å². The van der Waals surface area contributed by atoms with Gasteiger partial charge in [0.1, 0.15) is 0 Å². The van der Waals surface area contributed by atoms with Crippen LogP contribution in [0.15, 0.2) is 97.3 Å². The molecule has 0 fully saturated rings. The molecule has 0 unspecified atom stereocenters. The lowest BCUT2D eigenvalue weighted by atomic mass is 9.99. The smallest absolute Gasteiger partial charge is 0.255 e. The van der Waals surface area contributed by atoms with Gasteiger partial charge in [0.25, 0.3) is 5.91 Å². The number of rotatable bonds is 4. The summed E-state index contributed by atoms with van der Waals surface area (Å²) in [7, 11) is 0. The first-order valence-corrected chi connectivity index (χ1v) is 9.25. The van der Waals surface area contributed by atoms with Crippen molar-refractivity contribution in [3.8, 4) is 22.3 Å². The molecule has 1 heterocycles. The van der Waals surface area contributed by atoms with E-state index in [0.29, 0.717) is 16.3 Å². The summed E-state index contributed by atoms with van der Waals surface area (Å²) in [6.45, 7) is 0. The molecule has 3 aromatic carbocycles. The number of carbonyl (C=O) groups excluding carboxylic acids is 1. The van der Waals surface area contributed by atoms with Crippen LogP contribution in [-0.2, 0) is 0 Å². The zero-order valence-electron chi connectivity index (χ0n) is 15.0. The predicted molar refractivity (Wildman–Crippen MR) is 115 cm³/mol. The number of halogens is 1. The number of pyridine rings is 1. The number of amides is 1. The van der Waals surface area contributed by atoms with Gasteiger partial charge in [0.2, 0.25) is 0 Å². The van der Waals surface area contributed by atoms with E-state index in [0.717, 1.165) is 22.3 Å². The molecule has 136 valence electrons. The third kappa shape index (κ3) is 3.95. The SMILES string of the molecule is O=C(Nc1ccncc1)c1ccc(Cl)c(-c2ccc(-c3ccccc3)cc2)c1. The van der Waals surface area contributed by atoms with Gasteiger partial charge in [-0.2, -0.15) is 0 Å². The van der Waals surface area contributed by atoms with Gasteiger partial charge in [0, 0.05) is 34.2 Å². The zero-order valence-corrected chi connectivity index (χ0v) is 15.7. The van der Waals surface area contributed by atoms with Crippen molar-refractivity contribution in [2.45, 2.75) is 0 Å². The lowest BCUT2D eigenvalue weighted by molar-refractivity contribution is 0.102. The summed E-state index contributed by atoms with van der Waals surface area (Å²) in [6.07, 6.45) is 3.27. The number of carbonyl (C=O) groups is 1. The van der Waals surface area contributed by atoms with Crippen LogP contribution in [0.1, 0.15) is 10.4 Å². The second kappa shape index (κ2) is 8.07. The van der Waals surface area contributed by atoms with E-state index < -0.39 is 0 Å². The van der Waals surface area contributed by atoms with E-state index in [4.69, 9.17) is 11.6 Å². The predicted octanol–water partition coefficient (Wildman–Crippen LogP) is 6.32. The average molecular weight is 385 g/mol. The molecule has 4 rings (SSSR count). The molecular weight excluding hydrogens is 368 g/mol. The van der Waals surface area contributed by atoms with Crippen molar-refractivity contribution in [3.05, 3.63) is 108 Å². The third-order valence-corrected chi connectivity index (χ3v) is 4.80. The second-order valence-corrected chi connectivity index (χ2v) is 6.74. The minimum absolute atomic E-state index is 0.190. The molecule has 1 N–H and O–H groups in total. The van der Waals surface area contributed by atoms with Gasteiger partial charge in [-0.3, -0.25) is 9.78 Å². The fourth-order valence-electron chi connectivity index (χ4n) is 3.00. The van der Waals surface area contributed by atoms with E-state index in [1.807, 2.05) is 36.4 Å². The molecule has 0 spiro atoms. The van der Waals surface area contributed by atoms with E-state index >= 15 is 0 Å². The molecule has 3 nitrogen and oxygen atoms in total. The maximum Gasteiger partial charge on any atom is 0.255 e. The minimum atomic E-state index is -0.190. The number of nitrogens with one attached hydrogen (secondary N) is 1.